The molecule has 0 radical (unpaired) electrons. The molecular weight excluding hydrogens is 208 g/mol. The number of nitrogens with one attached hydrogen (secondary N) is 1. The van der Waals surface area contributed by atoms with Gasteiger partial charge in [0, 0.05) is 7.05 Å². The fourth-order valence-corrected chi connectivity index (χ4v) is 1.45. The second kappa shape index (κ2) is 4.66. The highest BCUT2D eigenvalue weighted by atomic mass is 16.6. The van der Waals surface area contributed by atoms with Gasteiger partial charge in [0.1, 0.15) is 5.69 Å². The van der Waals surface area contributed by atoms with Crippen LogP contribution in [0.2, 0.25) is 0 Å². The van der Waals surface area contributed by atoms with Crippen molar-refractivity contribution in [3.63, 3.8) is 0 Å². The second-order valence-electron chi connectivity index (χ2n) is 3.44. The minimum absolute atomic E-state index is 0.0174. The number of aromatic nitrogens is 2. The average Bonchev–Trinajstić information content (AvgIpc) is 2.49. The van der Waals surface area contributed by atoms with Crippen LogP contribution in [-0.2, 0) is 7.05 Å². The van der Waals surface area contributed by atoms with Crippen molar-refractivity contribution < 1.29 is 4.92 Å². The fraction of sp³-hybridized carbons (Fsp3) is 0.500. The smallest absolute Gasteiger partial charge is 0.333 e. The van der Waals surface area contributed by atoms with Gasteiger partial charge in [0.05, 0.1) is 11.0 Å². The zero-order valence-electron chi connectivity index (χ0n) is 9.52. The normalized spacial score (nSPS) is 11.9. The predicted octanol–water partition coefficient (Wildman–Crippen LogP) is 1.46. The molecule has 1 unspecified atom stereocenters. The number of nitrogens with zero attached hydrogens (tertiary/aromatic N) is 3. The van der Waals surface area contributed by atoms with E-state index < -0.39 is 4.92 Å². The van der Waals surface area contributed by atoms with E-state index in [0.717, 1.165) is 0 Å². The van der Waals surface area contributed by atoms with Gasteiger partial charge in [-0.2, -0.15) is 5.10 Å². The number of hydrogen-bond donors (Lipinski definition) is 1. The van der Waals surface area contributed by atoms with Crippen molar-refractivity contribution in [2.24, 2.45) is 7.05 Å². The molecule has 1 heterocycles. The summed E-state index contributed by atoms with van der Waals surface area (Å²) in [6, 6.07) is -0.228. The van der Waals surface area contributed by atoms with Crippen LogP contribution < -0.4 is 5.32 Å². The van der Waals surface area contributed by atoms with Crippen LogP contribution in [0.5, 0.6) is 0 Å². The van der Waals surface area contributed by atoms with E-state index >= 15 is 0 Å². The number of rotatable bonds is 4. The highest BCUT2D eigenvalue weighted by Crippen LogP contribution is 2.27. The molecule has 0 fully saturated rings. The highest BCUT2D eigenvalue weighted by molar-refractivity contribution is 5.60. The number of terminal acetylenes is 1. The fourth-order valence-electron chi connectivity index (χ4n) is 1.45. The molecule has 0 saturated heterocycles. The Morgan fingerprint density at radius 3 is 2.81 bits per heavy atom. The quantitative estimate of drug-likeness (QED) is 0.475. The summed E-state index contributed by atoms with van der Waals surface area (Å²) in [7, 11) is 1.64. The monoisotopic (exact) mass is 222 g/mol. The molecule has 6 heteroatoms. The highest BCUT2D eigenvalue weighted by Gasteiger charge is 2.24. The maximum absolute atomic E-state index is 10.9. The molecule has 0 saturated carbocycles. The van der Waals surface area contributed by atoms with E-state index in [1.165, 1.54) is 4.68 Å². The summed E-state index contributed by atoms with van der Waals surface area (Å²) in [6.07, 6.45) is 5.99. The van der Waals surface area contributed by atoms with Crippen LogP contribution in [-0.4, -0.2) is 20.7 Å². The van der Waals surface area contributed by atoms with E-state index in [1.54, 1.807) is 14.0 Å². The molecule has 0 aliphatic heterocycles. The van der Waals surface area contributed by atoms with Gasteiger partial charge in [-0.1, -0.05) is 12.8 Å². The van der Waals surface area contributed by atoms with E-state index in [2.05, 4.69) is 16.3 Å². The van der Waals surface area contributed by atoms with Gasteiger partial charge in [-0.3, -0.25) is 10.1 Å². The molecule has 0 amide bonds. The molecule has 0 bridgehead atoms. The van der Waals surface area contributed by atoms with Crippen molar-refractivity contribution in [3.05, 3.63) is 15.8 Å². The Labute approximate surface area is 93.8 Å². The molecule has 1 N–H and O–H groups in total. The van der Waals surface area contributed by atoms with Crippen LogP contribution in [0.25, 0.3) is 0 Å². The number of aryl methyl sites for hydroxylation is 2. The lowest BCUT2D eigenvalue weighted by molar-refractivity contribution is -0.384. The maximum atomic E-state index is 10.9. The molecule has 1 aromatic heterocycles. The van der Waals surface area contributed by atoms with Crippen LogP contribution >= 0.6 is 0 Å². The summed E-state index contributed by atoms with van der Waals surface area (Å²) >= 11 is 0. The third kappa shape index (κ3) is 2.14. The van der Waals surface area contributed by atoms with E-state index in [9.17, 15) is 10.1 Å². The largest absolute Gasteiger partial charge is 0.351 e. The van der Waals surface area contributed by atoms with Crippen LogP contribution in [0.4, 0.5) is 11.5 Å². The predicted molar refractivity (Wildman–Crippen MR) is 61.1 cm³/mol. The SMILES string of the molecule is C#CC(CC)Nc1c([N+](=O)[O-])c(C)nn1C. The topological polar surface area (TPSA) is 73.0 Å². The van der Waals surface area contributed by atoms with Gasteiger partial charge in [-0.05, 0) is 13.3 Å². The molecule has 16 heavy (non-hydrogen) atoms. The van der Waals surface area contributed by atoms with E-state index in [4.69, 9.17) is 6.42 Å². The Bertz CT molecular complexity index is 444. The van der Waals surface area contributed by atoms with Crippen molar-refractivity contribution >= 4 is 11.5 Å². The summed E-state index contributed by atoms with van der Waals surface area (Å²) in [6.45, 7) is 3.51. The number of anilines is 1. The number of hydrogen-bond acceptors (Lipinski definition) is 4. The van der Waals surface area contributed by atoms with E-state index in [0.29, 0.717) is 17.9 Å². The minimum atomic E-state index is -0.450. The lowest BCUT2D eigenvalue weighted by Gasteiger charge is -2.11. The average molecular weight is 222 g/mol. The van der Waals surface area contributed by atoms with Crippen molar-refractivity contribution in [2.75, 3.05) is 5.32 Å². The van der Waals surface area contributed by atoms with Gasteiger partial charge in [0.15, 0.2) is 0 Å². The lowest BCUT2D eigenvalue weighted by atomic mass is 10.2. The molecule has 0 spiro atoms. The van der Waals surface area contributed by atoms with Crippen LogP contribution in [0, 0.1) is 29.4 Å². The third-order valence-corrected chi connectivity index (χ3v) is 2.29. The standard InChI is InChI=1S/C10H14N4O2/c1-5-8(6-2)11-10-9(14(15)16)7(3)12-13(10)4/h1,8,11H,6H2,2-4H3. The van der Waals surface area contributed by atoms with Gasteiger partial charge < -0.3 is 5.32 Å². The maximum Gasteiger partial charge on any atom is 0.333 e. The van der Waals surface area contributed by atoms with Crippen molar-refractivity contribution in [3.8, 4) is 12.3 Å². The van der Waals surface area contributed by atoms with Crippen molar-refractivity contribution in [1.82, 2.24) is 9.78 Å². The van der Waals surface area contributed by atoms with Crippen LogP contribution in [0.3, 0.4) is 0 Å². The molecule has 0 aromatic carbocycles. The molecule has 1 atom stereocenters. The van der Waals surface area contributed by atoms with Gasteiger partial charge in [-0.15, -0.1) is 6.42 Å². The minimum Gasteiger partial charge on any atom is -0.351 e. The van der Waals surface area contributed by atoms with Gasteiger partial charge in [0.25, 0.3) is 0 Å². The van der Waals surface area contributed by atoms with Crippen LogP contribution in [0.15, 0.2) is 0 Å². The molecular formula is C10H14N4O2. The summed E-state index contributed by atoms with van der Waals surface area (Å²) in [5.41, 5.74) is 0.359. The van der Waals surface area contributed by atoms with E-state index in [1.807, 2.05) is 6.92 Å². The first-order chi connectivity index (χ1) is 7.51. The molecule has 86 valence electrons. The Hall–Kier alpha value is -2.03. The molecule has 6 nitrogen and oxygen atoms in total. The lowest BCUT2D eigenvalue weighted by Crippen LogP contribution is -2.18. The molecule has 0 aliphatic rings. The van der Waals surface area contributed by atoms with Crippen molar-refractivity contribution in [1.29, 1.82) is 0 Å². The first kappa shape index (κ1) is 12.0. The molecule has 1 rings (SSSR count). The van der Waals surface area contributed by atoms with Crippen molar-refractivity contribution in [2.45, 2.75) is 26.3 Å². The Balaban J connectivity index is 3.13. The summed E-state index contributed by atoms with van der Waals surface area (Å²) in [5.74, 6) is 2.88. The summed E-state index contributed by atoms with van der Waals surface area (Å²) in [5, 5.41) is 17.8. The van der Waals surface area contributed by atoms with E-state index in [-0.39, 0.29) is 11.7 Å². The second-order valence-corrected chi connectivity index (χ2v) is 3.44. The Morgan fingerprint density at radius 1 is 1.75 bits per heavy atom. The first-order valence-electron chi connectivity index (χ1n) is 4.91. The Morgan fingerprint density at radius 2 is 2.38 bits per heavy atom. The van der Waals surface area contributed by atoms with Gasteiger partial charge in [-0.25, -0.2) is 4.68 Å². The summed E-state index contributed by atoms with van der Waals surface area (Å²) < 4.78 is 1.44. The zero-order valence-corrected chi connectivity index (χ0v) is 9.52. The zero-order chi connectivity index (χ0) is 12.3. The van der Waals surface area contributed by atoms with Gasteiger partial charge >= 0.3 is 5.69 Å². The first-order valence-corrected chi connectivity index (χ1v) is 4.91. The Kier molecular flexibility index (Phi) is 3.51. The summed E-state index contributed by atoms with van der Waals surface area (Å²) in [4.78, 5) is 10.4. The molecule has 0 aliphatic carbocycles. The van der Waals surface area contributed by atoms with Gasteiger partial charge in [0.2, 0.25) is 5.82 Å². The third-order valence-electron chi connectivity index (χ3n) is 2.29. The number of nitro groups is 1. The van der Waals surface area contributed by atoms with Crippen LogP contribution in [0.1, 0.15) is 19.0 Å². The molecule has 1 aromatic rings.